The Kier molecular flexibility index (Phi) is 5.43. The van der Waals surface area contributed by atoms with E-state index in [1.54, 1.807) is 11.8 Å². The Morgan fingerprint density at radius 3 is 2.35 bits per heavy atom. The normalized spacial score (nSPS) is 10.7. The fourth-order valence-corrected chi connectivity index (χ4v) is 2.66. The largest absolute Gasteiger partial charge is 0.380 e. The van der Waals surface area contributed by atoms with Gasteiger partial charge in [-0.1, -0.05) is 47.2 Å². The van der Waals surface area contributed by atoms with Crippen LogP contribution < -0.4 is 5.32 Å². The second-order valence-electron chi connectivity index (χ2n) is 6.20. The number of carbonyl (C=O) groups is 1. The molecule has 0 saturated heterocycles. The minimum atomic E-state index is -0.234. The summed E-state index contributed by atoms with van der Waals surface area (Å²) in [5.41, 5.74) is 5.21. The van der Waals surface area contributed by atoms with Crippen molar-refractivity contribution in [2.24, 2.45) is 0 Å². The average molecular weight is 350 g/mol. The van der Waals surface area contributed by atoms with E-state index in [0.717, 1.165) is 16.8 Å². The van der Waals surface area contributed by atoms with Crippen LogP contribution in [0, 0.1) is 13.8 Å². The first-order valence-corrected chi connectivity index (χ1v) is 8.43. The number of nitrogens with one attached hydrogen (secondary N) is 1. The lowest BCUT2D eigenvalue weighted by Gasteiger charge is -2.06. The fourth-order valence-electron chi connectivity index (χ4n) is 2.66. The minimum Gasteiger partial charge on any atom is -0.380 e. The third-order valence-electron chi connectivity index (χ3n) is 4.18. The van der Waals surface area contributed by atoms with Crippen molar-refractivity contribution in [3.63, 3.8) is 0 Å². The van der Waals surface area contributed by atoms with E-state index in [9.17, 15) is 4.79 Å². The molecule has 0 atom stereocenters. The average Bonchev–Trinajstić information content (AvgIpc) is 3.03. The molecule has 134 valence electrons. The Morgan fingerprint density at radius 1 is 1.04 bits per heavy atom. The topological polar surface area (TPSA) is 69.0 Å². The minimum absolute atomic E-state index is 0.234. The number of carbonyl (C=O) groups excluding carboxylic acids is 1. The summed E-state index contributed by atoms with van der Waals surface area (Å²) < 4.78 is 6.77. The van der Waals surface area contributed by atoms with Gasteiger partial charge >= 0.3 is 0 Å². The highest BCUT2D eigenvalue weighted by molar-refractivity contribution is 5.93. The molecule has 3 rings (SSSR count). The molecule has 0 aliphatic rings. The fraction of sp³-hybridized carbons (Fsp3) is 0.250. The van der Waals surface area contributed by atoms with Crippen LogP contribution in [0.3, 0.4) is 0 Å². The molecule has 0 aliphatic heterocycles. The van der Waals surface area contributed by atoms with Gasteiger partial charge in [0.15, 0.2) is 5.69 Å². The lowest BCUT2D eigenvalue weighted by molar-refractivity contribution is 0.0945. The zero-order chi connectivity index (χ0) is 18.5. The third-order valence-corrected chi connectivity index (χ3v) is 4.18. The highest BCUT2D eigenvalue weighted by Crippen LogP contribution is 2.13. The zero-order valence-electron chi connectivity index (χ0n) is 15.2. The van der Waals surface area contributed by atoms with Gasteiger partial charge in [-0.2, -0.15) is 0 Å². The molecule has 3 aromatic rings. The van der Waals surface area contributed by atoms with Crippen LogP contribution in [0.4, 0.5) is 0 Å². The Morgan fingerprint density at radius 2 is 1.69 bits per heavy atom. The molecule has 1 aromatic heterocycles. The van der Waals surface area contributed by atoms with E-state index in [0.29, 0.717) is 24.5 Å². The van der Waals surface area contributed by atoms with E-state index in [4.69, 9.17) is 4.74 Å². The first-order chi connectivity index (χ1) is 12.6. The number of aryl methyl sites for hydroxylation is 1. The van der Waals surface area contributed by atoms with E-state index in [2.05, 4.69) is 15.6 Å². The molecule has 0 aliphatic carbocycles. The quantitative estimate of drug-likeness (QED) is 0.742. The molecule has 1 N–H and O–H groups in total. The van der Waals surface area contributed by atoms with Crippen molar-refractivity contribution in [1.82, 2.24) is 20.3 Å². The number of rotatable bonds is 6. The van der Waals surface area contributed by atoms with Gasteiger partial charge in [0.05, 0.1) is 18.0 Å². The lowest BCUT2D eigenvalue weighted by atomic mass is 10.1. The third kappa shape index (κ3) is 3.97. The Bertz CT molecular complexity index is 883. The van der Waals surface area contributed by atoms with Crippen molar-refractivity contribution in [2.75, 3.05) is 7.11 Å². The molecular weight excluding hydrogens is 328 g/mol. The number of aromatic nitrogens is 3. The summed E-state index contributed by atoms with van der Waals surface area (Å²) in [7, 11) is 1.67. The maximum absolute atomic E-state index is 12.5. The van der Waals surface area contributed by atoms with Crippen LogP contribution in [0.25, 0.3) is 5.69 Å². The first kappa shape index (κ1) is 17.8. The molecular formula is C20H22N4O2. The molecule has 1 amide bonds. The van der Waals surface area contributed by atoms with Crippen molar-refractivity contribution >= 4 is 5.91 Å². The van der Waals surface area contributed by atoms with Gasteiger partial charge in [-0.05, 0) is 37.1 Å². The summed E-state index contributed by atoms with van der Waals surface area (Å²) in [5, 5.41) is 11.1. The SMILES string of the molecule is COCc1ccc(CNC(=O)c2nnn(-c3ccc(C)cc3)c2C)cc1. The number of nitrogens with zero attached hydrogens (tertiary/aromatic N) is 3. The Balaban J connectivity index is 1.67. The summed E-state index contributed by atoms with van der Waals surface area (Å²) in [6, 6.07) is 15.9. The summed E-state index contributed by atoms with van der Waals surface area (Å²) in [4.78, 5) is 12.5. The van der Waals surface area contributed by atoms with Crippen molar-refractivity contribution in [2.45, 2.75) is 27.0 Å². The van der Waals surface area contributed by atoms with Crippen LogP contribution in [-0.4, -0.2) is 28.0 Å². The van der Waals surface area contributed by atoms with Gasteiger partial charge in [0, 0.05) is 13.7 Å². The second kappa shape index (κ2) is 7.93. The summed E-state index contributed by atoms with van der Waals surface area (Å²) in [6.07, 6.45) is 0. The smallest absolute Gasteiger partial charge is 0.274 e. The van der Waals surface area contributed by atoms with Gasteiger partial charge < -0.3 is 10.1 Å². The van der Waals surface area contributed by atoms with Gasteiger partial charge in [0.1, 0.15) is 0 Å². The number of hydrogen-bond donors (Lipinski definition) is 1. The van der Waals surface area contributed by atoms with Crippen molar-refractivity contribution < 1.29 is 9.53 Å². The molecule has 2 aromatic carbocycles. The van der Waals surface area contributed by atoms with Gasteiger partial charge in [-0.25, -0.2) is 4.68 Å². The summed E-state index contributed by atoms with van der Waals surface area (Å²) in [6.45, 7) is 4.88. The van der Waals surface area contributed by atoms with Crippen LogP contribution in [0.15, 0.2) is 48.5 Å². The van der Waals surface area contributed by atoms with Crippen LogP contribution in [0.5, 0.6) is 0 Å². The molecule has 0 spiro atoms. The summed E-state index contributed by atoms with van der Waals surface area (Å²) in [5.74, 6) is -0.234. The molecule has 26 heavy (non-hydrogen) atoms. The van der Waals surface area contributed by atoms with Gasteiger partial charge in [0.2, 0.25) is 0 Å². The molecule has 0 saturated carbocycles. The van der Waals surface area contributed by atoms with E-state index in [1.165, 1.54) is 5.56 Å². The second-order valence-corrected chi connectivity index (χ2v) is 6.20. The number of benzene rings is 2. The molecule has 0 fully saturated rings. The van der Waals surface area contributed by atoms with Crippen LogP contribution in [0.2, 0.25) is 0 Å². The predicted molar refractivity (Wildman–Crippen MR) is 99.2 cm³/mol. The first-order valence-electron chi connectivity index (χ1n) is 8.43. The van der Waals surface area contributed by atoms with Gasteiger partial charge in [-0.15, -0.1) is 5.10 Å². The Hall–Kier alpha value is -2.99. The number of hydrogen-bond acceptors (Lipinski definition) is 4. The van der Waals surface area contributed by atoms with Crippen LogP contribution >= 0.6 is 0 Å². The van der Waals surface area contributed by atoms with E-state index in [-0.39, 0.29) is 5.91 Å². The highest BCUT2D eigenvalue weighted by Gasteiger charge is 2.17. The maximum atomic E-state index is 12.5. The molecule has 6 heteroatoms. The van der Waals surface area contributed by atoms with Crippen molar-refractivity contribution in [3.8, 4) is 5.69 Å². The monoisotopic (exact) mass is 350 g/mol. The summed E-state index contributed by atoms with van der Waals surface area (Å²) >= 11 is 0. The van der Waals surface area contributed by atoms with Gasteiger partial charge in [0.25, 0.3) is 5.91 Å². The zero-order valence-corrected chi connectivity index (χ0v) is 15.2. The number of methoxy groups -OCH3 is 1. The van der Waals surface area contributed by atoms with E-state index < -0.39 is 0 Å². The molecule has 1 heterocycles. The molecule has 6 nitrogen and oxygen atoms in total. The molecule has 0 unspecified atom stereocenters. The van der Waals surface area contributed by atoms with Crippen molar-refractivity contribution in [3.05, 3.63) is 76.6 Å². The highest BCUT2D eigenvalue weighted by atomic mass is 16.5. The van der Waals surface area contributed by atoms with E-state index >= 15 is 0 Å². The maximum Gasteiger partial charge on any atom is 0.274 e. The molecule has 0 bridgehead atoms. The van der Waals surface area contributed by atoms with E-state index in [1.807, 2.05) is 62.4 Å². The number of ether oxygens (including phenoxy) is 1. The number of amides is 1. The standard InChI is InChI=1S/C20H22N4O2/c1-14-4-10-18(11-5-14)24-15(2)19(22-23-24)20(25)21-12-16-6-8-17(9-7-16)13-26-3/h4-11H,12-13H2,1-3H3,(H,21,25). The lowest BCUT2D eigenvalue weighted by Crippen LogP contribution is -2.24. The van der Waals surface area contributed by atoms with Crippen molar-refractivity contribution in [1.29, 1.82) is 0 Å². The van der Waals surface area contributed by atoms with Crippen LogP contribution in [-0.2, 0) is 17.9 Å². The molecule has 0 radical (unpaired) electrons. The Labute approximate surface area is 152 Å². The predicted octanol–water partition coefficient (Wildman–Crippen LogP) is 2.96. The van der Waals surface area contributed by atoms with Crippen LogP contribution in [0.1, 0.15) is 32.9 Å². The van der Waals surface area contributed by atoms with Gasteiger partial charge in [-0.3, -0.25) is 4.79 Å².